The van der Waals surface area contributed by atoms with Crippen molar-refractivity contribution in [1.82, 2.24) is 0 Å². The van der Waals surface area contributed by atoms with Gasteiger partial charge in [0.25, 0.3) is 5.69 Å². The molecule has 84 valence electrons. The van der Waals surface area contributed by atoms with Crippen LogP contribution in [0.4, 0.5) is 10.1 Å². The zero-order valence-corrected chi connectivity index (χ0v) is 8.70. The first-order chi connectivity index (χ1) is 7.44. The van der Waals surface area contributed by atoms with E-state index in [0.717, 1.165) is 6.07 Å². The molecule has 4 nitrogen and oxygen atoms in total. The molecule has 2 rings (SSSR count). The molecule has 0 aliphatic heterocycles. The Morgan fingerprint density at radius 3 is 2.62 bits per heavy atom. The third kappa shape index (κ3) is 1.68. The maximum atomic E-state index is 13.5. The normalized spacial score (nSPS) is 16.9. The minimum atomic E-state index is -1.77. The Balaban J connectivity index is 2.40. The van der Waals surface area contributed by atoms with Gasteiger partial charge in [-0.15, -0.1) is 0 Å². The number of Topliss-reactive ketones (excluding diaryl/α,β-unsaturated/α-hetero) is 1. The van der Waals surface area contributed by atoms with Crippen molar-refractivity contribution in [2.45, 2.75) is 25.4 Å². The van der Waals surface area contributed by atoms with Crippen molar-refractivity contribution in [3.63, 3.8) is 0 Å². The van der Waals surface area contributed by atoms with Crippen molar-refractivity contribution < 1.29 is 14.1 Å². The summed E-state index contributed by atoms with van der Waals surface area (Å²) in [5, 5.41) is 10.7. The van der Waals surface area contributed by atoms with Gasteiger partial charge in [-0.2, -0.15) is 0 Å². The third-order valence-corrected chi connectivity index (χ3v) is 2.76. The molecule has 0 amide bonds. The number of halogens is 1. The maximum Gasteiger partial charge on any atom is 0.273 e. The Bertz CT molecular complexity index is 480. The second-order valence-corrected chi connectivity index (χ2v) is 4.05. The van der Waals surface area contributed by atoms with E-state index in [-0.39, 0.29) is 24.1 Å². The van der Waals surface area contributed by atoms with Crippen LogP contribution in [-0.2, 0) is 0 Å². The Hall–Kier alpha value is -1.78. The van der Waals surface area contributed by atoms with Gasteiger partial charge in [0.2, 0.25) is 0 Å². The van der Waals surface area contributed by atoms with Crippen molar-refractivity contribution >= 4 is 11.5 Å². The molecule has 1 aliphatic rings. The molecule has 0 heterocycles. The SMILES string of the molecule is Cc1ccc(C(=O)C2(F)CC2)cc1[N+](=O)[O-]. The summed E-state index contributed by atoms with van der Waals surface area (Å²) in [6.45, 7) is 1.58. The summed E-state index contributed by atoms with van der Waals surface area (Å²) in [7, 11) is 0. The predicted octanol–water partition coefficient (Wildman–Crippen LogP) is 2.59. The van der Waals surface area contributed by atoms with Crippen LogP contribution in [0.3, 0.4) is 0 Å². The number of carbonyl (C=O) groups excluding carboxylic acids is 1. The summed E-state index contributed by atoms with van der Waals surface area (Å²) in [4.78, 5) is 21.7. The lowest BCUT2D eigenvalue weighted by molar-refractivity contribution is -0.385. The van der Waals surface area contributed by atoms with Crippen LogP contribution >= 0.6 is 0 Å². The van der Waals surface area contributed by atoms with E-state index >= 15 is 0 Å². The van der Waals surface area contributed by atoms with Crippen LogP contribution in [0.15, 0.2) is 18.2 Å². The lowest BCUT2D eigenvalue weighted by Gasteiger charge is -2.04. The van der Waals surface area contributed by atoms with Crippen LogP contribution in [0.25, 0.3) is 0 Å². The lowest BCUT2D eigenvalue weighted by Crippen LogP contribution is -2.17. The van der Waals surface area contributed by atoms with E-state index in [4.69, 9.17) is 0 Å². The predicted molar refractivity (Wildman–Crippen MR) is 55.2 cm³/mol. The summed E-state index contributed by atoms with van der Waals surface area (Å²) < 4.78 is 13.5. The summed E-state index contributed by atoms with van der Waals surface area (Å²) in [6, 6.07) is 4.05. The van der Waals surface area contributed by atoms with Gasteiger partial charge < -0.3 is 0 Å². The van der Waals surface area contributed by atoms with Gasteiger partial charge in [-0.05, 0) is 19.8 Å². The number of nitrogens with zero attached hydrogens (tertiary/aromatic N) is 1. The maximum absolute atomic E-state index is 13.5. The van der Waals surface area contributed by atoms with Crippen LogP contribution in [-0.4, -0.2) is 16.4 Å². The number of aryl methyl sites for hydroxylation is 1. The molecule has 0 bridgehead atoms. The molecule has 0 N–H and O–H groups in total. The molecule has 0 radical (unpaired) electrons. The molecular formula is C11H10FNO3. The van der Waals surface area contributed by atoms with Crippen LogP contribution in [0.2, 0.25) is 0 Å². The summed E-state index contributed by atoms with van der Waals surface area (Å²) in [5.74, 6) is -0.643. The van der Waals surface area contributed by atoms with Crippen LogP contribution in [0.1, 0.15) is 28.8 Å². The van der Waals surface area contributed by atoms with Crippen molar-refractivity contribution in [2.75, 3.05) is 0 Å². The van der Waals surface area contributed by atoms with E-state index in [1.54, 1.807) is 6.92 Å². The number of carbonyl (C=O) groups is 1. The summed E-state index contributed by atoms with van der Waals surface area (Å²) in [6.07, 6.45) is 0.432. The number of benzene rings is 1. The molecule has 0 atom stereocenters. The number of nitro groups is 1. The Morgan fingerprint density at radius 2 is 2.12 bits per heavy atom. The summed E-state index contributed by atoms with van der Waals surface area (Å²) in [5.41, 5.74) is -1.37. The fourth-order valence-corrected chi connectivity index (χ4v) is 1.54. The van der Waals surface area contributed by atoms with Gasteiger partial charge in [0.15, 0.2) is 11.5 Å². The van der Waals surface area contributed by atoms with E-state index < -0.39 is 16.4 Å². The zero-order chi connectivity index (χ0) is 11.9. The monoisotopic (exact) mass is 223 g/mol. The van der Waals surface area contributed by atoms with Crippen LogP contribution < -0.4 is 0 Å². The first-order valence-electron chi connectivity index (χ1n) is 4.93. The number of ketones is 1. The third-order valence-electron chi connectivity index (χ3n) is 2.76. The van der Waals surface area contributed by atoms with E-state index in [0.29, 0.717) is 5.56 Å². The fraction of sp³-hybridized carbons (Fsp3) is 0.364. The van der Waals surface area contributed by atoms with Gasteiger partial charge in [0, 0.05) is 17.2 Å². The van der Waals surface area contributed by atoms with Gasteiger partial charge in [-0.1, -0.05) is 12.1 Å². The molecule has 16 heavy (non-hydrogen) atoms. The number of rotatable bonds is 3. The Kier molecular flexibility index (Phi) is 2.26. The van der Waals surface area contributed by atoms with Crippen molar-refractivity contribution in [3.05, 3.63) is 39.4 Å². The van der Waals surface area contributed by atoms with E-state index in [2.05, 4.69) is 0 Å². The minimum absolute atomic E-state index is 0.0808. The van der Waals surface area contributed by atoms with Crippen molar-refractivity contribution in [2.24, 2.45) is 0 Å². The molecule has 0 saturated heterocycles. The zero-order valence-electron chi connectivity index (χ0n) is 8.70. The molecule has 1 aromatic carbocycles. The van der Waals surface area contributed by atoms with E-state index in [1.807, 2.05) is 0 Å². The quantitative estimate of drug-likeness (QED) is 0.449. The number of alkyl halides is 1. The Labute approximate surface area is 91.2 Å². The van der Waals surface area contributed by atoms with Crippen molar-refractivity contribution in [1.29, 1.82) is 0 Å². The second-order valence-electron chi connectivity index (χ2n) is 4.05. The highest BCUT2D eigenvalue weighted by molar-refractivity contribution is 6.04. The lowest BCUT2D eigenvalue weighted by atomic mass is 10.0. The Morgan fingerprint density at radius 1 is 1.50 bits per heavy atom. The number of hydrogen-bond donors (Lipinski definition) is 0. The molecule has 1 fully saturated rings. The smallest absolute Gasteiger partial charge is 0.273 e. The minimum Gasteiger partial charge on any atom is -0.291 e. The van der Waals surface area contributed by atoms with Crippen molar-refractivity contribution in [3.8, 4) is 0 Å². The van der Waals surface area contributed by atoms with Gasteiger partial charge in [0.05, 0.1) is 4.92 Å². The number of nitro benzene ring substituents is 1. The highest BCUT2D eigenvalue weighted by Gasteiger charge is 2.51. The van der Waals surface area contributed by atoms with Crippen LogP contribution in [0, 0.1) is 17.0 Å². The van der Waals surface area contributed by atoms with E-state index in [1.165, 1.54) is 12.1 Å². The number of hydrogen-bond acceptors (Lipinski definition) is 3. The molecule has 1 aromatic rings. The average molecular weight is 223 g/mol. The van der Waals surface area contributed by atoms with Gasteiger partial charge in [-0.3, -0.25) is 14.9 Å². The summed E-state index contributed by atoms with van der Waals surface area (Å²) >= 11 is 0. The topological polar surface area (TPSA) is 60.2 Å². The van der Waals surface area contributed by atoms with Gasteiger partial charge in [0.1, 0.15) is 0 Å². The molecular weight excluding hydrogens is 213 g/mol. The highest BCUT2D eigenvalue weighted by Crippen LogP contribution is 2.42. The standard InChI is InChI=1S/C11H10FNO3/c1-7-2-3-8(6-9(7)13(15)16)10(14)11(12)4-5-11/h2-3,6H,4-5H2,1H3. The first-order valence-corrected chi connectivity index (χ1v) is 4.93. The molecule has 1 saturated carbocycles. The molecule has 0 spiro atoms. The largest absolute Gasteiger partial charge is 0.291 e. The molecule has 0 unspecified atom stereocenters. The van der Waals surface area contributed by atoms with Gasteiger partial charge in [-0.25, -0.2) is 4.39 Å². The molecule has 0 aromatic heterocycles. The molecule has 5 heteroatoms. The second kappa shape index (κ2) is 3.37. The van der Waals surface area contributed by atoms with Crippen LogP contribution in [0.5, 0.6) is 0 Å². The van der Waals surface area contributed by atoms with E-state index in [9.17, 15) is 19.3 Å². The molecule has 1 aliphatic carbocycles. The first kappa shape index (κ1) is 10.7. The highest BCUT2D eigenvalue weighted by atomic mass is 19.1. The average Bonchev–Trinajstić information content (AvgIpc) is 2.97. The fourth-order valence-electron chi connectivity index (χ4n) is 1.54. The van der Waals surface area contributed by atoms with Gasteiger partial charge >= 0.3 is 0 Å².